The van der Waals surface area contributed by atoms with Crippen LogP contribution in [0.15, 0.2) is 140 Å². The molecule has 2 atom stereocenters. The van der Waals surface area contributed by atoms with Crippen LogP contribution in [0, 0.1) is 5.92 Å². The van der Waals surface area contributed by atoms with Gasteiger partial charge in [-0.2, -0.15) is 0 Å². The normalized spacial score (nSPS) is 13.7. The number of ketones is 2. The van der Waals surface area contributed by atoms with Crippen LogP contribution in [0.3, 0.4) is 0 Å². The Kier molecular flexibility index (Phi) is 13.2. The molecule has 0 radical (unpaired) electrons. The quantitative estimate of drug-likeness (QED) is 0.133. The lowest BCUT2D eigenvalue weighted by Crippen LogP contribution is -2.59. The highest BCUT2D eigenvalue weighted by Crippen LogP contribution is 2.17. The Labute approximate surface area is 332 Å². The zero-order valence-corrected chi connectivity index (χ0v) is 32.1. The summed E-state index contributed by atoms with van der Waals surface area (Å²) in [7, 11) is 0. The second-order valence-corrected chi connectivity index (χ2v) is 14.6. The first-order chi connectivity index (χ1) is 27.6. The van der Waals surface area contributed by atoms with E-state index >= 15 is 0 Å². The molecule has 290 valence electrons. The van der Waals surface area contributed by atoms with Crippen LogP contribution in [0.25, 0.3) is 0 Å². The molecule has 1 unspecified atom stereocenters. The molecule has 5 aromatic rings. The van der Waals surface area contributed by atoms with Gasteiger partial charge in [-0.15, -0.1) is 0 Å². The topological polar surface area (TPSA) is 133 Å². The lowest BCUT2D eigenvalue weighted by Gasteiger charge is -2.38. The zero-order valence-electron chi connectivity index (χ0n) is 32.1. The van der Waals surface area contributed by atoms with Crippen LogP contribution in [0.5, 0.6) is 0 Å². The molecule has 1 heterocycles. The van der Waals surface area contributed by atoms with E-state index in [1.165, 1.54) is 0 Å². The zero-order chi connectivity index (χ0) is 40.3. The van der Waals surface area contributed by atoms with Crippen molar-refractivity contribution in [1.29, 1.82) is 0 Å². The molecule has 4 amide bonds. The molecule has 1 saturated heterocycles. The highest BCUT2D eigenvalue weighted by atomic mass is 16.2. The molecule has 57 heavy (non-hydrogen) atoms. The van der Waals surface area contributed by atoms with Crippen molar-refractivity contribution in [3.63, 3.8) is 0 Å². The molecule has 2 N–H and O–H groups in total. The summed E-state index contributed by atoms with van der Waals surface area (Å²) in [5, 5.41) is 5.84. The first kappa shape index (κ1) is 40.0. The van der Waals surface area contributed by atoms with Crippen LogP contribution in [-0.2, 0) is 16.0 Å². The fourth-order valence-corrected chi connectivity index (χ4v) is 6.87. The molecule has 6 rings (SSSR count). The van der Waals surface area contributed by atoms with Crippen molar-refractivity contribution < 1.29 is 28.8 Å². The van der Waals surface area contributed by atoms with Crippen molar-refractivity contribution in [3.05, 3.63) is 178 Å². The summed E-state index contributed by atoms with van der Waals surface area (Å²) in [6.45, 7) is 4.98. The fourth-order valence-electron chi connectivity index (χ4n) is 6.87. The summed E-state index contributed by atoms with van der Waals surface area (Å²) in [4.78, 5) is 83.9. The molecule has 1 aliphatic heterocycles. The molecule has 0 saturated carbocycles. The third-order valence-electron chi connectivity index (χ3n) is 9.99. The van der Waals surface area contributed by atoms with Gasteiger partial charge in [-0.3, -0.25) is 28.8 Å². The number of piperazine rings is 1. The maximum Gasteiger partial charge on any atom is 0.251 e. The first-order valence-electron chi connectivity index (χ1n) is 19.2. The lowest BCUT2D eigenvalue weighted by molar-refractivity contribution is -0.141. The fraction of sp³-hybridized carbons (Fsp3) is 0.234. The van der Waals surface area contributed by atoms with E-state index in [1.54, 1.807) is 107 Å². The SMILES string of the molecule is CC(C)C[C@H](NC(=O)c1ccc(C(=O)c2ccccc2)cc1)C(=O)N1CCN(C(=O)C(Cc2ccccc2)NC(=O)c2ccc(C(=O)c3ccccc3)cc2)CC1. The number of hydrogen-bond donors (Lipinski definition) is 2. The van der Waals surface area contributed by atoms with Gasteiger partial charge in [0.05, 0.1) is 0 Å². The number of carbonyl (C=O) groups excluding carboxylic acids is 6. The Balaban J connectivity index is 1.08. The van der Waals surface area contributed by atoms with E-state index in [0.29, 0.717) is 39.8 Å². The third kappa shape index (κ3) is 10.3. The first-order valence-corrected chi connectivity index (χ1v) is 19.2. The van der Waals surface area contributed by atoms with Gasteiger partial charge < -0.3 is 20.4 Å². The summed E-state index contributed by atoms with van der Waals surface area (Å²) in [5.41, 5.74) is 3.52. The minimum atomic E-state index is -0.880. The van der Waals surface area contributed by atoms with Gasteiger partial charge in [-0.1, -0.05) is 129 Å². The van der Waals surface area contributed by atoms with E-state index in [1.807, 2.05) is 56.3 Å². The Morgan fingerprint density at radius 1 is 0.456 bits per heavy atom. The van der Waals surface area contributed by atoms with Crippen LogP contribution in [0.1, 0.15) is 78.4 Å². The van der Waals surface area contributed by atoms with Crippen LogP contribution in [-0.4, -0.2) is 83.3 Å². The van der Waals surface area contributed by atoms with Gasteiger partial charge in [0.1, 0.15) is 12.1 Å². The van der Waals surface area contributed by atoms with Crippen molar-refractivity contribution in [2.24, 2.45) is 5.92 Å². The van der Waals surface area contributed by atoms with Gasteiger partial charge in [-0.05, 0) is 42.2 Å². The van der Waals surface area contributed by atoms with Crippen molar-refractivity contribution in [1.82, 2.24) is 20.4 Å². The average molecular weight is 763 g/mol. The summed E-state index contributed by atoms with van der Waals surface area (Å²) in [6, 6.07) is 38.3. The Morgan fingerprint density at radius 3 is 1.19 bits per heavy atom. The summed E-state index contributed by atoms with van der Waals surface area (Å²) in [5.74, 6) is -1.56. The maximum absolute atomic E-state index is 14.1. The molecule has 10 nitrogen and oxygen atoms in total. The van der Waals surface area contributed by atoms with Crippen LogP contribution in [0.4, 0.5) is 0 Å². The molecule has 0 aliphatic carbocycles. The number of nitrogens with one attached hydrogen (secondary N) is 2. The van der Waals surface area contributed by atoms with Crippen molar-refractivity contribution in [3.8, 4) is 0 Å². The molecule has 0 bridgehead atoms. The molecule has 1 aliphatic rings. The number of hydrogen-bond acceptors (Lipinski definition) is 6. The van der Waals surface area contributed by atoms with Gasteiger partial charge in [0.2, 0.25) is 11.8 Å². The largest absolute Gasteiger partial charge is 0.340 e. The standard InChI is InChI=1S/C47H46N4O6/c1-32(2)30-40(48-44(54)38-22-18-36(19-23-38)42(52)34-14-8-4-9-15-34)46(56)50-26-28-51(29-27-50)47(57)41(31-33-12-6-3-7-13-33)49-45(55)39-24-20-37(21-25-39)43(53)35-16-10-5-11-17-35/h3-25,32,40-41H,26-31H2,1-2H3,(H,48,54)(H,49,55)/t40-,41?/m0/s1. The molecular weight excluding hydrogens is 717 g/mol. The van der Waals surface area contributed by atoms with E-state index in [0.717, 1.165) is 5.56 Å². The predicted octanol–water partition coefficient (Wildman–Crippen LogP) is 6.01. The number of amides is 4. The van der Waals surface area contributed by atoms with E-state index in [-0.39, 0.29) is 61.9 Å². The summed E-state index contributed by atoms with van der Waals surface area (Å²) >= 11 is 0. The van der Waals surface area contributed by atoms with Gasteiger partial charge in [-0.25, -0.2) is 0 Å². The second-order valence-electron chi connectivity index (χ2n) is 14.6. The predicted molar refractivity (Wildman–Crippen MR) is 218 cm³/mol. The minimum Gasteiger partial charge on any atom is -0.340 e. The Morgan fingerprint density at radius 2 is 0.789 bits per heavy atom. The monoisotopic (exact) mass is 762 g/mol. The number of benzene rings is 5. The molecule has 5 aromatic carbocycles. The maximum atomic E-state index is 14.1. The van der Waals surface area contributed by atoms with Crippen LogP contribution in [0.2, 0.25) is 0 Å². The van der Waals surface area contributed by atoms with Crippen molar-refractivity contribution in [2.45, 2.75) is 38.8 Å². The Hall–Kier alpha value is -6.68. The average Bonchev–Trinajstić information content (AvgIpc) is 3.25. The molecule has 0 aromatic heterocycles. The number of rotatable bonds is 14. The molecular formula is C47H46N4O6. The second kappa shape index (κ2) is 18.8. The smallest absolute Gasteiger partial charge is 0.251 e. The molecule has 10 heteroatoms. The summed E-state index contributed by atoms with van der Waals surface area (Å²) < 4.78 is 0. The van der Waals surface area contributed by atoms with Crippen molar-refractivity contribution in [2.75, 3.05) is 26.2 Å². The van der Waals surface area contributed by atoms with E-state index in [9.17, 15) is 28.8 Å². The molecule has 1 fully saturated rings. The molecule has 0 spiro atoms. The summed E-state index contributed by atoms with van der Waals surface area (Å²) in [6.07, 6.45) is 0.680. The minimum absolute atomic E-state index is 0.107. The Bertz CT molecular complexity index is 2180. The van der Waals surface area contributed by atoms with Crippen LogP contribution >= 0.6 is 0 Å². The van der Waals surface area contributed by atoms with E-state index < -0.39 is 23.9 Å². The third-order valence-corrected chi connectivity index (χ3v) is 9.99. The lowest BCUT2D eigenvalue weighted by atomic mass is 10.00. The van der Waals surface area contributed by atoms with Gasteiger partial charge >= 0.3 is 0 Å². The van der Waals surface area contributed by atoms with E-state index in [4.69, 9.17) is 0 Å². The van der Waals surface area contributed by atoms with Gasteiger partial charge in [0.15, 0.2) is 11.6 Å². The number of carbonyl (C=O) groups is 6. The highest BCUT2D eigenvalue weighted by molar-refractivity contribution is 6.10. The van der Waals surface area contributed by atoms with Crippen molar-refractivity contribution >= 4 is 35.2 Å². The van der Waals surface area contributed by atoms with E-state index in [2.05, 4.69) is 10.6 Å². The van der Waals surface area contributed by atoms with Gasteiger partial charge in [0, 0.05) is 66.0 Å². The highest BCUT2D eigenvalue weighted by Gasteiger charge is 2.33. The van der Waals surface area contributed by atoms with Crippen LogP contribution < -0.4 is 10.6 Å². The number of nitrogens with zero attached hydrogens (tertiary/aromatic N) is 2. The van der Waals surface area contributed by atoms with Gasteiger partial charge in [0.25, 0.3) is 11.8 Å².